The molecule has 1 unspecified atom stereocenters. The quantitative estimate of drug-likeness (QED) is 0.632. The number of thiophene rings is 1. The molecule has 1 aromatic heterocycles. The SMILES string of the molecule is CCCNCC(Cc1cccc(C)c1)Cc1sccc1Br. The van der Waals surface area contributed by atoms with Crippen LogP contribution in [0.1, 0.15) is 29.3 Å². The van der Waals surface area contributed by atoms with Crippen molar-refractivity contribution in [1.29, 1.82) is 0 Å². The van der Waals surface area contributed by atoms with E-state index in [9.17, 15) is 0 Å². The van der Waals surface area contributed by atoms with E-state index in [0.717, 1.165) is 25.9 Å². The number of rotatable bonds is 8. The van der Waals surface area contributed by atoms with E-state index in [4.69, 9.17) is 0 Å². The lowest BCUT2D eigenvalue weighted by Gasteiger charge is -2.18. The molecular formula is C18H24BrNS. The lowest BCUT2D eigenvalue weighted by Crippen LogP contribution is -2.26. The molecule has 114 valence electrons. The molecule has 3 heteroatoms. The minimum absolute atomic E-state index is 0.647. The molecule has 2 rings (SSSR count). The summed E-state index contributed by atoms with van der Waals surface area (Å²) in [6.07, 6.45) is 3.48. The summed E-state index contributed by atoms with van der Waals surface area (Å²) >= 11 is 5.52. The van der Waals surface area contributed by atoms with E-state index < -0.39 is 0 Å². The summed E-state index contributed by atoms with van der Waals surface area (Å²) in [7, 11) is 0. The van der Waals surface area contributed by atoms with Crippen molar-refractivity contribution in [3.63, 3.8) is 0 Å². The van der Waals surface area contributed by atoms with Crippen molar-refractivity contribution in [2.75, 3.05) is 13.1 Å². The molecule has 1 atom stereocenters. The van der Waals surface area contributed by atoms with E-state index in [1.54, 1.807) is 0 Å². The minimum Gasteiger partial charge on any atom is -0.316 e. The van der Waals surface area contributed by atoms with Crippen molar-refractivity contribution in [2.45, 2.75) is 33.1 Å². The third-order valence-corrected chi connectivity index (χ3v) is 5.58. The predicted octanol–water partition coefficient (Wildman–Crippen LogP) is 5.22. The maximum absolute atomic E-state index is 3.66. The summed E-state index contributed by atoms with van der Waals surface area (Å²) < 4.78 is 1.26. The van der Waals surface area contributed by atoms with Gasteiger partial charge in [-0.15, -0.1) is 11.3 Å². The average molecular weight is 366 g/mol. The summed E-state index contributed by atoms with van der Waals surface area (Å²) in [6, 6.07) is 11.1. The lowest BCUT2D eigenvalue weighted by atomic mass is 9.94. The highest BCUT2D eigenvalue weighted by molar-refractivity contribution is 9.10. The van der Waals surface area contributed by atoms with E-state index >= 15 is 0 Å². The van der Waals surface area contributed by atoms with Gasteiger partial charge in [0.05, 0.1) is 0 Å². The van der Waals surface area contributed by atoms with Gasteiger partial charge in [-0.2, -0.15) is 0 Å². The van der Waals surface area contributed by atoms with Crippen molar-refractivity contribution < 1.29 is 0 Å². The fraction of sp³-hybridized carbons (Fsp3) is 0.444. The van der Waals surface area contributed by atoms with Gasteiger partial charge in [-0.3, -0.25) is 0 Å². The molecule has 0 saturated carbocycles. The van der Waals surface area contributed by atoms with Crippen LogP contribution in [0.4, 0.5) is 0 Å². The largest absolute Gasteiger partial charge is 0.316 e. The highest BCUT2D eigenvalue weighted by atomic mass is 79.9. The van der Waals surface area contributed by atoms with Gasteiger partial charge in [-0.05, 0) is 78.1 Å². The molecule has 0 saturated heterocycles. The van der Waals surface area contributed by atoms with E-state index in [1.807, 2.05) is 11.3 Å². The number of benzene rings is 1. The standard InChI is InChI=1S/C18H24BrNS/c1-3-8-20-13-16(12-18-17(19)7-9-21-18)11-15-6-4-5-14(2)10-15/h4-7,9-10,16,20H,3,8,11-13H2,1-2H3. The molecule has 1 N–H and O–H groups in total. The Balaban J connectivity index is 2.02. The summed E-state index contributed by atoms with van der Waals surface area (Å²) in [5.74, 6) is 0.647. The van der Waals surface area contributed by atoms with Crippen molar-refractivity contribution in [3.8, 4) is 0 Å². The van der Waals surface area contributed by atoms with E-state index in [-0.39, 0.29) is 0 Å². The van der Waals surface area contributed by atoms with Crippen molar-refractivity contribution in [2.24, 2.45) is 5.92 Å². The van der Waals surface area contributed by atoms with Gasteiger partial charge in [0, 0.05) is 9.35 Å². The monoisotopic (exact) mass is 365 g/mol. The Labute approximate surface area is 140 Å². The van der Waals surface area contributed by atoms with Crippen LogP contribution in [0, 0.1) is 12.8 Å². The Bertz CT molecular complexity index is 550. The van der Waals surface area contributed by atoms with Crippen LogP contribution in [0.25, 0.3) is 0 Å². The first-order valence-corrected chi connectivity index (χ1v) is 9.34. The van der Waals surface area contributed by atoms with Crippen molar-refractivity contribution >= 4 is 27.3 Å². The molecule has 0 radical (unpaired) electrons. The topological polar surface area (TPSA) is 12.0 Å². The van der Waals surface area contributed by atoms with Gasteiger partial charge in [-0.25, -0.2) is 0 Å². The fourth-order valence-electron chi connectivity index (χ4n) is 2.60. The zero-order chi connectivity index (χ0) is 15.1. The van der Waals surface area contributed by atoms with Crippen LogP contribution in [0.15, 0.2) is 40.2 Å². The second-order valence-corrected chi connectivity index (χ2v) is 7.51. The van der Waals surface area contributed by atoms with E-state index in [0.29, 0.717) is 5.92 Å². The maximum atomic E-state index is 3.66. The Morgan fingerprint density at radius 3 is 2.76 bits per heavy atom. The Morgan fingerprint density at radius 2 is 2.10 bits per heavy atom. The van der Waals surface area contributed by atoms with Gasteiger partial charge in [0.25, 0.3) is 0 Å². The molecule has 0 aliphatic carbocycles. The van der Waals surface area contributed by atoms with Gasteiger partial charge in [0.1, 0.15) is 0 Å². The van der Waals surface area contributed by atoms with Crippen molar-refractivity contribution in [3.05, 3.63) is 56.2 Å². The summed E-state index contributed by atoms with van der Waals surface area (Å²) in [6.45, 7) is 6.59. The highest BCUT2D eigenvalue weighted by Crippen LogP contribution is 2.26. The van der Waals surface area contributed by atoms with Crippen LogP contribution in [-0.4, -0.2) is 13.1 Å². The van der Waals surface area contributed by atoms with Gasteiger partial charge in [0.2, 0.25) is 0 Å². The third-order valence-electron chi connectivity index (χ3n) is 3.63. The number of hydrogen-bond acceptors (Lipinski definition) is 2. The second-order valence-electron chi connectivity index (χ2n) is 5.66. The van der Waals surface area contributed by atoms with Gasteiger partial charge < -0.3 is 5.32 Å². The van der Waals surface area contributed by atoms with E-state index in [2.05, 4.69) is 70.8 Å². The number of nitrogens with one attached hydrogen (secondary N) is 1. The second kappa shape index (κ2) is 8.72. The molecule has 0 amide bonds. The maximum Gasteiger partial charge on any atom is 0.0314 e. The fourth-order valence-corrected chi connectivity index (χ4v) is 4.24. The van der Waals surface area contributed by atoms with E-state index in [1.165, 1.54) is 26.9 Å². The van der Waals surface area contributed by atoms with Crippen LogP contribution >= 0.6 is 27.3 Å². The number of hydrogen-bond donors (Lipinski definition) is 1. The van der Waals surface area contributed by atoms with Crippen LogP contribution < -0.4 is 5.32 Å². The summed E-state index contributed by atoms with van der Waals surface area (Å²) in [4.78, 5) is 1.46. The molecule has 1 aromatic carbocycles. The Hall–Kier alpha value is -0.640. The van der Waals surface area contributed by atoms with Gasteiger partial charge in [0.15, 0.2) is 0 Å². The van der Waals surface area contributed by atoms with Crippen LogP contribution in [0.5, 0.6) is 0 Å². The normalized spacial score (nSPS) is 12.5. The molecule has 0 fully saturated rings. The summed E-state index contributed by atoms with van der Waals surface area (Å²) in [5.41, 5.74) is 2.80. The Morgan fingerprint density at radius 1 is 1.24 bits per heavy atom. The average Bonchev–Trinajstić information content (AvgIpc) is 2.84. The zero-order valence-corrected chi connectivity index (χ0v) is 15.3. The highest BCUT2D eigenvalue weighted by Gasteiger charge is 2.13. The van der Waals surface area contributed by atoms with Crippen LogP contribution in [-0.2, 0) is 12.8 Å². The van der Waals surface area contributed by atoms with Crippen molar-refractivity contribution in [1.82, 2.24) is 5.32 Å². The molecule has 0 bridgehead atoms. The number of halogens is 1. The van der Waals surface area contributed by atoms with Crippen LogP contribution in [0.3, 0.4) is 0 Å². The molecule has 0 aliphatic rings. The summed E-state index contributed by atoms with van der Waals surface area (Å²) in [5, 5.41) is 5.76. The first-order chi connectivity index (χ1) is 10.2. The molecular weight excluding hydrogens is 342 g/mol. The first-order valence-electron chi connectivity index (χ1n) is 7.67. The smallest absolute Gasteiger partial charge is 0.0314 e. The number of aryl methyl sites for hydroxylation is 1. The third kappa shape index (κ3) is 5.57. The molecule has 2 aromatic rings. The predicted molar refractivity (Wildman–Crippen MR) is 97.3 cm³/mol. The van der Waals surface area contributed by atoms with Gasteiger partial charge in [-0.1, -0.05) is 36.8 Å². The molecule has 1 heterocycles. The molecule has 0 spiro atoms. The molecule has 21 heavy (non-hydrogen) atoms. The zero-order valence-electron chi connectivity index (χ0n) is 12.9. The lowest BCUT2D eigenvalue weighted by molar-refractivity contribution is 0.473. The first kappa shape index (κ1) is 16.7. The minimum atomic E-state index is 0.647. The molecule has 1 nitrogen and oxygen atoms in total. The van der Waals surface area contributed by atoms with Crippen LogP contribution in [0.2, 0.25) is 0 Å². The Kier molecular flexibility index (Phi) is 6.94. The molecule has 0 aliphatic heterocycles. The van der Waals surface area contributed by atoms with Gasteiger partial charge >= 0.3 is 0 Å².